The van der Waals surface area contributed by atoms with Gasteiger partial charge in [-0.2, -0.15) is 0 Å². The summed E-state index contributed by atoms with van der Waals surface area (Å²) < 4.78 is 0. The minimum absolute atomic E-state index is 0.00796. The second-order valence-electron chi connectivity index (χ2n) is 5.56. The fraction of sp³-hybridized carbons (Fsp3) is 0.467. The third-order valence-corrected chi connectivity index (χ3v) is 5.04. The van der Waals surface area contributed by atoms with Gasteiger partial charge in [-0.3, -0.25) is 9.59 Å². The molecule has 2 aliphatic rings. The molecule has 2 N–H and O–H groups in total. The van der Waals surface area contributed by atoms with Crippen molar-refractivity contribution in [2.75, 3.05) is 5.32 Å². The Kier molecular flexibility index (Phi) is 3.46. The number of carbonyl (C=O) groups is 2. The maximum Gasteiger partial charge on any atom is 0.251 e. The van der Waals surface area contributed by atoms with Crippen LogP contribution in [0.4, 0.5) is 5.69 Å². The van der Waals surface area contributed by atoms with Crippen LogP contribution in [0.5, 0.6) is 0 Å². The second-order valence-corrected chi connectivity index (χ2v) is 6.94. The Morgan fingerprint density at radius 3 is 2.90 bits per heavy atom. The van der Waals surface area contributed by atoms with E-state index < -0.39 is 0 Å². The molecule has 0 radical (unpaired) electrons. The van der Waals surface area contributed by atoms with Crippen LogP contribution < -0.4 is 10.6 Å². The molecule has 4 nitrogen and oxygen atoms in total. The number of benzene rings is 1. The molecule has 1 aromatic carbocycles. The molecule has 1 aliphatic heterocycles. The summed E-state index contributed by atoms with van der Waals surface area (Å²) in [4.78, 5) is 24.9. The predicted octanol–water partition coefficient (Wildman–Crippen LogP) is 2.65. The third-order valence-electron chi connectivity index (χ3n) is 3.86. The number of nitrogens with one attached hydrogen (secondary N) is 2. The molecule has 0 aromatic heterocycles. The Balaban J connectivity index is 1.76. The Bertz CT molecular complexity index is 569. The normalized spacial score (nSPS) is 22.7. The van der Waals surface area contributed by atoms with Gasteiger partial charge in [0.05, 0.1) is 10.9 Å². The Morgan fingerprint density at radius 1 is 1.45 bits per heavy atom. The van der Waals surface area contributed by atoms with Crippen molar-refractivity contribution in [2.45, 2.75) is 42.9 Å². The van der Waals surface area contributed by atoms with Crippen molar-refractivity contribution in [1.82, 2.24) is 5.32 Å². The molecule has 1 aliphatic carbocycles. The van der Waals surface area contributed by atoms with Crippen LogP contribution in [0.3, 0.4) is 0 Å². The monoisotopic (exact) mass is 290 g/mol. The molecule has 0 unspecified atom stereocenters. The van der Waals surface area contributed by atoms with E-state index in [9.17, 15) is 9.59 Å². The summed E-state index contributed by atoms with van der Waals surface area (Å²) in [6.07, 6.45) is 2.41. The Hall–Kier alpha value is -1.49. The van der Waals surface area contributed by atoms with E-state index in [4.69, 9.17) is 0 Å². The number of rotatable bonds is 3. The Labute approximate surface area is 122 Å². The lowest BCUT2D eigenvalue weighted by molar-refractivity contribution is -0.115. The standard InChI is InChI=1S/C15H18N2O2S/c1-8(10-3-4-10)16-15(19)11-5-6-13-12(7-11)17-14(18)9(2)20-13/h5-10H,3-4H2,1-2H3,(H,16,19)(H,17,18)/t8-,9+/m1/s1. The molecule has 1 heterocycles. The van der Waals surface area contributed by atoms with Gasteiger partial charge in [0.15, 0.2) is 0 Å². The molecule has 20 heavy (non-hydrogen) atoms. The van der Waals surface area contributed by atoms with Crippen molar-refractivity contribution in [2.24, 2.45) is 5.92 Å². The number of hydrogen-bond donors (Lipinski definition) is 2. The molecule has 5 heteroatoms. The summed E-state index contributed by atoms with van der Waals surface area (Å²) in [5.41, 5.74) is 1.34. The number of amides is 2. The zero-order valence-corrected chi connectivity index (χ0v) is 12.4. The molecule has 0 saturated heterocycles. The van der Waals surface area contributed by atoms with Crippen LogP contribution in [-0.4, -0.2) is 23.1 Å². The SMILES string of the molecule is C[C@@H]1Sc2ccc(C(=O)N[C@H](C)C3CC3)cc2NC1=O. The van der Waals surface area contributed by atoms with Crippen LogP contribution in [0, 0.1) is 5.92 Å². The molecule has 3 rings (SSSR count). The molecule has 1 fully saturated rings. The molecule has 0 bridgehead atoms. The summed E-state index contributed by atoms with van der Waals surface area (Å²) in [6, 6.07) is 5.72. The topological polar surface area (TPSA) is 58.2 Å². The first-order chi connectivity index (χ1) is 9.54. The van der Waals surface area contributed by atoms with Crippen LogP contribution in [0.2, 0.25) is 0 Å². The van der Waals surface area contributed by atoms with E-state index in [1.807, 2.05) is 26.0 Å². The fourth-order valence-corrected chi connectivity index (χ4v) is 3.28. The lowest BCUT2D eigenvalue weighted by Gasteiger charge is -2.22. The van der Waals surface area contributed by atoms with Gasteiger partial charge >= 0.3 is 0 Å². The van der Waals surface area contributed by atoms with Crippen LogP contribution in [-0.2, 0) is 4.79 Å². The highest BCUT2D eigenvalue weighted by atomic mass is 32.2. The minimum Gasteiger partial charge on any atom is -0.349 e. The van der Waals surface area contributed by atoms with Gasteiger partial charge < -0.3 is 10.6 Å². The van der Waals surface area contributed by atoms with Crippen molar-refractivity contribution >= 4 is 29.3 Å². The van der Waals surface area contributed by atoms with Gasteiger partial charge in [0, 0.05) is 16.5 Å². The van der Waals surface area contributed by atoms with Gasteiger partial charge in [-0.25, -0.2) is 0 Å². The van der Waals surface area contributed by atoms with E-state index in [0.29, 0.717) is 11.5 Å². The van der Waals surface area contributed by atoms with Crippen molar-refractivity contribution in [1.29, 1.82) is 0 Å². The average molecular weight is 290 g/mol. The van der Waals surface area contributed by atoms with Gasteiger partial charge in [-0.1, -0.05) is 0 Å². The van der Waals surface area contributed by atoms with Crippen LogP contribution >= 0.6 is 11.8 Å². The summed E-state index contributed by atoms with van der Waals surface area (Å²) >= 11 is 1.53. The van der Waals surface area contributed by atoms with E-state index in [0.717, 1.165) is 10.6 Å². The number of fused-ring (bicyclic) bond motifs is 1. The third kappa shape index (κ3) is 2.68. The molecule has 2 atom stereocenters. The minimum atomic E-state index is -0.0861. The molecule has 106 valence electrons. The lowest BCUT2D eigenvalue weighted by Crippen LogP contribution is -2.34. The average Bonchev–Trinajstić information content (AvgIpc) is 3.23. The number of thioether (sulfide) groups is 1. The first-order valence-corrected chi connectivity index (χ1v) is 7.85. The summed E-state index contributed by atoms with van der Waals surface area (Å²) in [6.45, 7) is 3.92. The number of hydrogen-bond acceptors (Lipinski definition) is 3. The molecular weight excluding hydrogens is 272 g/mol. The zero-order chi connectivity index (χ0) is 14.3. The van der Waals surface area contributed by atoms with Gasteiger partial charge in [0.2, 0.25) is 5.91 Å². The molecule has 1 aromatic rings. The van der Waals surface area contributed by atoms with E-state index in [1.165, 1.54) is 24.6 Å². The number of anilines is 1. The van der Waals surface area contributed by atoms with Crippen molar-refractivity contribution in [3.63, 3.8) is 0 Å². The highest BCUT2D eigenvalue weighted by molar-refractivity contribution is 8.00. The Morgan fingerprint density at radius 2 is 2.20 bits per heavy atom. The van der Waals surface area contributed by atoms with E-state index in [2.05, 4.69) is 10.6 Å². The maximum absolute atomic E-state index is 12.2. The second kappa shape index (κ2) is 5.13. The van der Waals surface area contributed by atoms with Crippen LogP contribution in [0.15, 0.2) is 23.1 Å². The van der Waals surface area contributed by atoms with Crippen molar-refractivity contribution in [3.8, 4) is 0 Å². The fourth-order valence-electron chi connectivity index (χ4n) is 2.35. The number of carbonyl (C=O) groups excluding carboxylic acids is 2. The zero-order valence-electron chi connectivity index (χ0n) is 11.6. The maximum atomic E-state index is 12.2. The summed E-state index contributed by atoms with van der Waals surface area (Å²) in [7, 11) is 0. The predicted molar refractivity (Wildman–Crippen MR) is 80.0 cm³/mol. The van der Waals surface area contributed by atoms with Crippen molar-refractivity contribution < 1.29 is 9.59 Å². The smallest absolute Gasteiger partial charge is 0.251 e. The van der Waals surface area contributed by atoms with Crippen molar-refractivity contribution in [3.05, 3.63) is 23.8 Å². The van der Waals surface area contributed by atoms with Crippen LogP contribution in [0.1, 0.15) is 37.0 Å². The van der Waals surface area contributed by atoms with E-state index in [-0.39, 0.29) is 23.1 Å². The first kappa shape index (κ1) is 13.5. The largest absolute Gasteiger partial charge is 0.349 e. The molecule has 0 spiro atoms. The summed E-state index contributed by atoms with van der Waals surface area (Å²) in [5, 5.41) is 5.79. The molecule has 1 saturated carbocycles. The molecule has 2 amide bonds. The molecular formula is C15H18N2O2S. The van der Waals surface area contributed by atoms with Gasteiger partial charge in [-0.15, -0.1) is 11.8 Å². The van der Waals surface area contributed by atoms with Gasteiger partial charge in [0.1, 0.15) is 0 Å². The quantitative estimate of drug-likeness (QED) is 0.899. The highest BCUT2D eigenvalue weighted by Gasteiger charge is 2.29. The van der Waals surface area contributed by atoms with Gasteiger partial charge in [-0.05, 0) is 50.8 Å². The highest BCUT2D eigenvalue weighted by Crippen LogP contribution is 2.36. The lowest BCUT2D eigenvalue weighted by atomic mass is 10.1. The van der Waals surface area contributed by atoms with Gasteiger partial charge in [0.25, 0.3) is 5.91 Å². The van der Waals surface area contributed by atoms with Crippen LogP contribution in [0.25, 0.3) is 0 Å². The first-order valence-electron chi connectivity index (χ1n) is 6.97. The summed E-state index contributed by atoms with van der Waals surface area (Å²) in [5.74, 6) is 0.559. The van der Waals surface area contributed by atoms with E-state index in [1.54, 1.807) is 6.07 Å². The van der Waals surface area contributed by atoms with E-state index >= 15 is 0 Å².